The second-order valence-electron chi connectivity index (χ2n) is 4.93. The van der Waals surface area contributed by atoms with Crippen LogP contribution >= 0.6 is 0 Å². The van der Waals surface area contributed by atoms with E-state index in [2.05, 4.69) is 4.98 Å². The van der Waals surface area contributed by atoms with E-state index in [1.165, 1.54) is 25.7 Å². The van der Waals surface area contributed by atoms with Crippen molar-refractivity contribution in [2.75, 3.05) is 6.61 Å². The van der Waals surface area contributed by atoms with Gasteiger partial charge in [0.1, 0.15) is 5.75 Å². The number of pyridine rings is 1. The van der Waals surface area contributed by atoms with Gasteiger partial charge in [-0.3, -0.25) is 4.98 Å². The van der Waals surface area contributed by atoms with Crippen molar-refractivity contribution in [3.63, 3.8) is 0 Å². The van der Waals surface area contributed by atoms with Crippen LogP contribution in [0, 0.1) is 17.8 Å². The van der Waals surface area contributed by atoms with E-state index in [1.807, 2.05) is 12.1 Å². The molecule has 1 heterocycles. The number of hydrogen-bond donors (Lipinski definition) is 0. The second-order valence-corrected chi connectivity index (χ2v) is 4.93. The fourth-order valence-corrected chi connectivity index (χ4v) is 3.22. The Morgan fingerprint density at radius 1 is 1.33 bits per heavy atom. The Bertz CT molecular complexity index is 325. The topological polar surface area (TPSA) is 22.1 Å². The molecule has 0 saturated heterocycles. The Balaban J connectivity index is 1.55. The molecular formula is C13H17NO. The average Bonchev–Trinajstić information content (AvgIpc) is 2.89. The van der Waals surface area contributed by atoms with Gasteiger partial charge in [0.05, 0.1) is 12.8 Å². The van der Waals surface area contributed by atoms with Crippen molar-refractivity contribution in [1.82, 2.24) is 4.98 Å². The fraction of sp³-hybridized carbons (Fsp3) is 0.615. The lowest BCUT2D eigenvalue weighted by molar-refractivity contribution is 0.195. The van der Waals surface area contributed by atoms with Crippen LogP contribution in [0.1, 0.15) is 25.7 Å². The van der Waals surface area contributed by atoms with E-state index in [1.54, 1.807) is 12.4 Å². The molecule has 0 radical (unpaired) electrons. The lowest BCUT2D eigenvalue weighted by Gasteiger charge is -2.21. The van der Waals surface area contributed by atoms with E-state index in [0.717, 1.165) is 30.1 Å². The molecule has 2 bridgehead atoms. The zero-order valence-corrected chi connectivity index (χ0v) is 8.93. The van der Waals surface area contributed by atoms with Gasteiger partial charge in [0, 0.05) is 6.20 Å². The van der Waals surface area contributed by atoms with Crippen molar-refractivity contribution >= 4 is 0 Å². The molecule has 1 aromatic heterocycles. The molecule has 80 valence electrons. The van der Waals surface area contributed by atoms with Gasteiger partial charge in [0.15, 0.2) is 0 Å². The van der Waals surface area contributed by atoms with Crippen LogP contribution in [0.2, 0.25) is 0 Å². The Labute approximate surface area is 90.7 Å². The zero-order valence-electron chi connectivity index (χ0n) is 8.93. The van der Waals surface area contributed by atoms with Crippen LogP contribution in [0.25, 0.3) is 0 Å². The number of rotatable bonds is 3. The minimum Gasteiger partial charge on any atom is -0.492 e. The largest absolute Gasteiger partial charge is 0.492 e. The molecule has 0 aromatic carbocycles. The summed E-state index contributed by atoms with van der Waals surface area (Å²) in [5.41, 5.74) is 0. The Hall–Kier alpha value is -1.05. The second kappa shape index (κ2) is 3.84. The molecule has 3 unspecified atom stereocenters. The summed E-state index contributed by atoms with van der Waals surface area (Å²) in [7, 11) is 0. The summed E-state index contributed by atoms with van der Waals surface area (Å²) in [6, 6.07) is 3.91. The van der Waals surface area contributed by atoms with Crippen molar-refractivity contribution in [2.45, 2.75) is 25.7 Å². The van der Waals surface area contributed by atoms with Gasteiger partial charge in [-0.25, -0.2) is 0 Å². The van der Waals surface area contributed by atoms with Crippen molar-refractivity contribution in [2.24, 2.45) is 17.8 Å². The Morgan fingerprint density at radius 2 is 2.33 bits per heavy atom. The van der Waals surface area contributed by atoms with Crippen molar-refractivity contribution < 1.29 is 4.74 Å². The first-order valence-corrected chi connectivity index (χ1v) is 5.94. The van der Waals surface area contributed by atoms with Crippen LogP contribution < -0.4 is 4.74 Å². The molecule has 1 aromatic rings. The van der Waals surface area contributed by atoms with Crippen LogP contribution in [-0.4, -0.2) is 11.6 Å². The van der Waals surface area contributed by atoms with Gasteiger partial charge in [-0.1, -0.05) is 6.42 Å². The first kappa shape index (κ1) is 9.20. The molecule has 0 amide bonds. The van der Waals surface area contributed by atoms with Gasteiger partial charge >= 0.3 is 0 Å². The highest BCUT2D eigenvalue weighted by Crippen LogP contribution is 2.48. The number of nitrogens with zero attached hydrogens (tertiary/aromatic N) is 1. The first-order chi connectivity index (χ1) is 7.42. The van der Waals surface area contributed by atoms with Crippen LogP contribution in [-0.2, 0) is 0 Å². The molecule has 15 heavy (non-hydrogen) atoms. The van der Waals surface area contributed by atoms with Crippen molar-refractivity contribution in [3.8, 4) is 5.75 Å². The van der Waals surface area contributed by atoms with Gasteiger partial charge in [-0.15, -0.1) is 0 Å². The van der Waals surface area contributed by atoms with Gasteiger partial charge in [0.2, 0.25) is 0 Å². The molecule has 2 aliphatic rings. The number of fused-ring (bicyclic) bond motifs is 2. The molecule has 2 saturated carbocycles. The Morgan fingerprint density at radius 3 is 3.00 bits per heavy atom. The lowest BCUT2D eigenvalue weighted by atomic mass is 9.90. The molecule has 2 nitrogen and oxygen atoms in total. The van der Waals surface area contributed by atoms with E-state index in [9.17, 15) is 0 Å². The molecule has 2 heteroatoms. The van der Waals surface area contributed by atoms with E-state index in [-0.39, 0.29) is 0 Å². The summed E-state index contributed by atoms with van der Waals surface area (Å²) < 4.78 is 5.78. The number of hydrogen-bond acceptors (Lipinski definition) is 2. The van der Waals surface area contributed by atoms with E-state index in [0.29, 0.717) is 0 Å². The minimum absolute atomic E-state index is 0.809. The zero-order chi connectivity index (χ0) is 10.1. The first-order valence-electron chi connectivity index (χ1n) is 5.94. The van der Waals surface area contributed by atoms with E-state index >= 15 is 0 Å². The summed E-state index contributed by atoms with van der Waals surface area (Å²) >= 11 is 0. The maximum absolute atomic E-state index is 5.78. The smallest absolute Gasteiger partial charge is 0.137 e. The molecule has 2 fully saturated rings. The maximum Gasteiger partial charge on any atom is 0.137 e. The van der Waals surface area contributed by atoms with Gasteiger partial charge < -0.3 is 4.74 Å². The van der Waals surface area contributed by atoms with E-state index in [4.69, 9.17) is 4.74 Å². The molecular weight excluding hydrogens is 186 g/mol. The van der Waals surface area contributed by atoms with E-state index < -0.39 is 0 Å². The molecule has 0 spiro atoms. The van der Waals surface area contributed by atoms with Gasteiger partial charge in [-0.05, 0) is 49.1 Å². The molecule has 3 rings (SSSR count). The third-order valence-electron chi connectivity index (χ3n) is 3.98. The summed E-state index contributed by atoms with van der Waals surface area (Å²) in [4.78, 5) is 4.05. The average molecular weight is 203 g/mol. The third kappa shape index (κ3) is 1.85. The predicted octanol–water partition coefficient (Wildman–Crippen LogP) is 2.90. The van der Waals surface area contributed by atoms with Gasteiger partial charge in [0.25, 0.3) is 0 Å². The summed E-state index contributed by atoms with van der Waals surface area (Å²) in [6.45, 7) is 0.896. The maximum atomic E-state index is 5.78. The summed E-state index contributed by atoms with van der Waals surface area (Å²) in [5.74, 6) is 3.69. The third-order valence-corrected chi connectivity index (χ3v) is 3.98. The van der Waals surface area contributed by atoms with Crippen molar-refractivity contribution in [1.29, 1.82) is 0 Å². The van der Waals surface area contributed by atoms with Gasteiger partial charge in [-0.2, -0.15) is 0 Å². The molecule has 2 aliphatic carbocycles. The van der Waals surface area contributed by atoms with Crippen LogP contribution in [0.15, 0.2) is 24.5 Å². The number of aromatic nitrogens is 1. The predicted molar refractivity (Wildman–Crippen MR) is 58.7 cm³/mol. The summed E-state index contributed by atoms with van der Waals surface area (Å²) in [6.07, 6.45) is 9.34. The van der Waals surface area contributed by atoms with Crippen LogP contribution in [0.4, 0.5) is 0 Å². The summed E-state index contributed by atoms with van der Waals surface area (Å²) in [5, 5.41) is 0. The SMILES string of the molecule is c1cncc(OCC2CC3CCC2C3)c1. The monoisotopic (exact) mass is 203 g/mol. The minimum atomic E-state index is 0.809. The fourth-order valence-electron chi connectivity index (χ4n) is 3.22. The standard InChI is InChI=1S/C13H17NO/c1-2-13(8-14-5-1)15-9-12-7-10-3-4-11(12)6-10/h1-2,5,8,10-12H,3-4,6-7,9H2. The Kier molecular flexibility index (Phi) is 2.35. The molecule has 3 atom stereocenters. The van der Waals surface area contributed by atoms with Crippen LogP contribution in [0.5, 0.6) is 5.75 Å². The normalized spacial score (nSPS) is 33.2. The highest BCUT2D eigenvalue weighted by molar-refractivity contribution is 5.15. The molecule has 0 aliphatic heterocycles. The van der Waals surface area contributed by atoms with Crippen molar-refractivity contribution in [3.05, 3.63) is 24.5 Å². The quantitative estimate of drug-likeness (QED) is 0.753. The molecule has 0 N–H and O–H groups in total. The van der Waals surface area contributed by atoms with Crippen LogP contribution in [0.3, 0.4) is 0 Å². The lowest BCUT2D eigenvalue weighted by Crippen LogP contribution is -2.18. The highest BCUT2D eigenvalue weighted by atomic mass is 16.5. The highest BCUT2D eigenvalue weighted by Gasteiger charge is 2.39. The number of ether oxygens (including phenoxy) is 1.